The van der Waals surface area contributed by atoms with Crippen LogP contribution in [0.2, 0.25) is 0 Å². The Morgan fingerprint density at radius 2 is 1.58 bits per heavy atom. The van der Waals surface area contributed by atoms with Crippen LogP contribution in [0, 0.1) is 0 Å². The molecule has 0 amide bonds. The number of ether oxygens (including phenoxy) is 1. The molecule has 160 valence electrons. The quantitative estimate of drug-likeness (QED) is 0.338. The Labute approximate surface area is 184 Å². The second-order valence-corrected chi connectivity index (χ2v) is 7.55. The van der Waals surface area contributed by atoms with Gasteiger partial charge in [-0.1, -0.05) is 16.9 Å². The molecule has 0 spiro atoms. The minimum absolute atomic E-state index is 0.456. The van der Waals surface area contributed by atoms with E-state index in [2.05, 4.69) is 51.2 Å². The van der Waals surface area contributed by atoms with Crippen molar-refractivity contribution in [3.05, 3.63) is 54.4 Å². The number of thioether (sulfide) groups is 1. The van der Waals surface area contributed by atoms with Gasteiger partial charge in [0.25, 0.3) is 11.1 Å². The summed E-state index contributed by atoms with van der Waals surface area (Å²) in [7, 11) is 1.63. The number of nitrogens with zero attached hydrogens (tertiary/aromatic N) is 5. The van der Waals surface area contributed by atoms with Crippen LogP contribution in [0.3, 0.4) is 0 Å². The van der Waals surface area contributed by atoms with Gasteiger partial charge < -0.3 is 18.6 Å². The van der Waals surface area contributed by atoms with Crippen molar-refractivity contribution >= 4 is 17.4 Å². The van der Waals surface area contributed by atoms with Crippen LogP contribution in [0.5, 0.6) is 5.75 Å². The predicted octanol–water partition coefficient (Wildman–Crippen LogP) is 4.93. The molecule has 0 radical (unpaired) electrons. The molecule has 2 aromatic carbocycles. The SMILES string of the molecule is CCN(CC)c1ccc(-c2nnc(SCc3noc(-c4ccc(OC)cc4)n3)o2)cc1. The Bertz CT molecular complexity index is 1100. The maximum atomic E-state index is 5.79. The molecule has 0 fully saturated rings. The smallest absolute Gasteiger partial charge is 0.277 e. The van der Waals surface area contributed by atoms with Gasteiger partial charge in [0.2, 0.25) is 5.89 Å². The molecule has 0 N–H and O–H groups in total. The molecule has 2 heterocycles. The van der Waals surface area contributed by atoms with Crippen LogP contribution in [0.25, 0.3) is 22.9 Å². The van der Waals surface area contributed by atoms with Gasteiger partial charge in [-0.25, -0.2) is 0 Å². The second kappa shape index (κ2) is 9.65. The van der Waals surface area contributed by atoms with Crippen molar-refractivity contribution in [3.63, 3.8) is 0 Å². The normalized spacial score (nSPS) is 10.9. The van der Waals surface area contributed by atoms with Crippen LogP contribution in [-0.4, -0.2) is 40.5 Å². The zero-order valence-corrected chi connectivity index (χ0v) is 18.4. The Morgan fingerprint density at radius 1 is 0.903 bits per heavy atom. The number of benzene rings is 2. The van der Waals surface area contributed by atoms with Crippen LogP contribution in [0.4, 0.5) is 5.69 Å². The fourth-order valence-corrected chi connectivity index (χ4v) is 3.68. The minimum Gasteiger partial charge on any atom is -0.497 e. The molecular formula is C22H23N5O3S. The summed E-state index contributed by atoms with van der Waals surface area (Å²) in [5.74, 6) is 2.73. The van der Waals surface area contributed by atoms with Gasteiger partial charge in [0, 0.05) is 29.9 Å². The topological polar surface area (TPSA) is 90.3 Å². The zero-order chi connectivity index (χ0) is 21.6. The van der Waals surface area contributed by atoms with Crippen molar-refractivity contribution in [1.82, 2.24) is 20.3 Å². The molecule has 0 aliphatic rings. The predicted molar refractivity (Wildman–Crippen MR) is 119 cm³/mol. The molecule has 0 bridgehead atoms. The van der Waals surface area contributed by atoms with Crippen LogP contribution >= 0.6 is 11.8 Å². The molecule has 0 saturated heterocycles. The number of anilines is 1. The van der Waals surface area contributed by atoms with Gasteiger partial charge in [-0.2, -0.15) is 4.98 Å². The van der Waals surface area contributed by atoms with E-state index in [4.69, 9.17) is 13.7 Å². The van der Waals surface area contributed by atoms with Crippen LogP contribution < -0.4 is 9.64 Å². The fraction of sp³-hybridized carbons (Fsp3) is 0.273. The molecule has 0 unspecified atom stereocenters. The average Bonchev–Trinajstić information content (AvgIpc) is 3.49. The second-order valence-electron chi connectivity index (χ2n) is 6.63. The van der Waals surface area contributed by atoms with E-state index in [1.807, 2.05) is 36.4 Å². The highest BCUT2D eigenvalue weighted by Crippen LogP contribution is 2.27. The highest BCUT2D eigenvalue weighted by Gasteiger charge is 2.13. The van der Waals surface area contributed by atoms with E-state index in [9.17, 15) is 0 Å². The monoisotopic (exact) mass is 437 g/mol. The number of hydrogen-bond donors (Lipinski definition) is 0. The van der Waals surface area contributed by atoms with Gasteiger partial charge in [-0.3, -0.25) is 0 Å². The average molecular weight is 438 g/mol. The van der Waals surface area contributed by atoms with Crippen molar-refractivity contribution < 1.29 is 13.7 Å². The summed E-state index contributed by atoms with van der Waals surface area (Å²) in [5.41, 5.74) is 2.89. The summed E-state index contributed by atoms with van der Waals surface area (Å²) in [6.45, 7) is 6.21. The van der Waals surface area contributed by atoms with Crippen molar-refractivity contribution in [2.24, 2.45) is 0 Å². The Kier molecular flexibility index (Phi) is 6.51. The third kappa shape index (κ3) is 4.88. The third-order valence-corrected chi connectivity index (χ3v) is 5.59. The van der Waals surface area contributed by atoms with E-state index in [1.54, 1.807) is 7.11 Å². The molecule has 4 rings (SSSR count). The van der Waals surface area contributed by atoms with Gasteiger partial charge in [0.1, 0.15) is 5.75 Å². The summed E-state index contributed by atoms with van der Waals surface area (Å²) < 4.78 is 16.3. The molecule has 0 aliphatic heterocycles. The summed E-state index contributed by atoms with van der Waals surface area (Å²) in [6.07, 6.45) is 0. The Balaban J connectivity index is 1.38. The number of rotatable bonds is 9. The van der Waals surface area contributed by atoms with Crippen molar-refractivity contribution in [2.45, 2.75) is 24.8 Å². The maximum absolute atomic E-state index is 5.79. The lowest BCUT2D eigenvalue weighted by Crippen LogP contribution is -2.21. The number of methoxy groups -OCH3 is 1. The summed E-state index contributed by atoms with van der Waals surface area (Å²) in [5, 5.41) is 12.8. The van der Waals surface area contributed by atoms with Gasteiger partial charge in [0.05, 0.1) is 12.9 Å². The molecule has 31 heavy (non-hydrogen) atoms. The van der Waals surface area contributed by atoms with Crippen LogP contribution in [0.1, 0.15) is 19.7 Å². The molecule has 0 aliphatic carbocycles. The van der Waals surface area contributed by atoms with Crippen molar-refractivity contribution in [2.75, 3.05) is 25.1 Å². The summed E-state index contributed by atoms with van der Waals surface area (Å²) >= 11 is 1.37. The standard InChI is InChI=1S/C22H23N5O3S/c1-4-27(5-2)17-10-6-16(7-11-17)21-24-25-22(29-21)31-14-19-23-20(30-26-19)15-8-12-18(28-3)13-9-15/h6-13H,4-5,14H2,1-3H3. The van der Waals surface area contributed by atoms with Gasteiger partial charge in [-0.05, 0) is 62.4 Å². The largest absolute Gasteiger partial charge is 0.497 e. The van der Waals surface area contributed by atoms with E-state index in [1.165, 1.54) is 17.4 Å². The molecule has 4 aromatic rings. The first-order valence-electron chi connectivity index (χ1n) is 9.98. The van der Waals surface area contributed by atoms with E-state index in [-0.39, 0.29) is 0 Å². The van der Waals surface area contributed by atoms with Gasteiger partial charge in [-0.15, -0.1) is 10.2 Å². The molecule has 0 atom stereocenters. The summed E-state index contributed by atoms with van der Waals surface area (Å²) in [4.78, 5) is 6.71. The van der Waals surface area contributed by atoms with Crippen molar-refractivity contribution in [3.8, 4) is 28.7 Å². The first-order valence-corrected chi connectivity index (χ1v) is 11.0. The Morgan fingerprint density at radius 3 is 2.26 bits per heavy atom. The molecular weight excluding hydrogens is 414 g/mol. The molecule has 2 aromatic heterocycles. The first-order chi connectivity index (χ1) is 15.2. The Hall–Kier alpha value is -3.33. The first kappa shape index (κ1) is 20.9. The van der Waals surface area contributed by atoms with E-state index < -0.39 is 0 Å². The van der Waals surface area contributed by atoms with Crippen molar-refractivity contribution in [1.29, 1.82) is 0 Å². The fourth-order valence-electron chi connectivity index (χ4n) is 3.08. The zero-order valence-electron chi connectivity index (χ0n) is 17.6. The number of aromatic nitrogens is 4. The van der Waals surface area contributed by atoms with Gasteiger partial charge in [0.15, 0.2) is 5.82 Å². The van der Waals surface area contributed by atoms with E-state index in [0.717, 1.165) is 30.0 Å². The lowest BCUT2D eigenvalue weighted by molar-refractivity contribution is 0.414. The lowest BCUT2D eigenvalue weighted by atomic mass is 10.2. The molecule has 9 heteroatoms. The van der Waals surface area contributed by atoms with E-state index in [0.29, 0.717) is 28.6 Å². The lowest BCUT2D eigenvalue weighted by Gasteiger charge is -2.20. The molecule has 8 nitrogen and oxygen atoms in total. The number of hydrogen-bond acceptors (Lipinski definition) is 9. The van der Waals surface area contributed by atoms with Gasteiger partial charge >= 0.3 is 0 Å². The summed E-state index contributed by atoms with van der Waals surface area (Å²) in [6, 6.07) is 15.6. The highest BCUT2D eigenvalue weighted by atomic mass is 32.2. The van der Waals surface area contributed by atoms with Crippen LogP contribution in [0.15, 0.2) is 62.7 Å². The highest BCUT2D eigenvalue weighted by molar-refractivity contribution is 7.98. The molecule has 0 saturated carbocycles. The van der Waals surface area contributed by atoms with E-state index >= 15 is 0 Å². The maximum Gasteiger partial charge on any atom is 0.277 e. The minimum atomic E-state index is 0.456. The third-order valence-electron chi connectivity index (χ3n) is 4.78. The van der Waals surface area contributed by atoms with Crippen LogP contribution in [-0.2, 0) is 5.75 Å².